The van der Waals surface area contributed by atoms with Crippen molar-refractivity contribution in [3.8, 4) is 0 Å². The van der Waals surface area contributed by atoms with Crippen molar-refractivity contribution in [2.45, 2.75) is 51.1 Å². The summed E-state index contributed by atoms with van der Waals surface area (Å²) in [4.78, 5) is 6.99. The van der Waals surface area contributed by atoms with Crippen molar-refractivity contribution in [3.63, 3.8) is 0 Å². The van der Waals surface area contributed by atoms with Crippen molar-refractivity contribution in [2.75, 3.05) is 23.4 Å². The lowest BCUT2D eigenvalue weighted by atomic mass is 10.00. The van der Waals surface area contributed by atoms with Gasteiger partial charge in [-0.2, -0.15) is 18.3 Å². The Kier molecular flexibility index (Phi) is 5.37. The van der Waals surface area contributed by atoms with Crippen LogP contribution in [0.5, 0.6) is 0 Å². The number of pyridine rings is 1. The Morgan fingerprint density at radius 1 is 1.12 bits per heavy atom. The lowest BCUT2D eigenvalue weighted by molar-refractivity contribution is -0.138. The fourth-order valence-corrected chi connectivity index (χ4v) is 4.93. The van der Waals surface area contributed by atoms with Crippen LogP contribution in [-0.4, -0.2) is 40.5 Å². The van der Waals surface area contributed by atoms with Crippen LogP contribution in [0.2, 0.25) is 0 Å². The SMILES string of the molecule is Cc1c([C@@H](N)Nc2nnc(C)c3cnc(N4C5CCC4COC5)cc23)cccc1C(F)(F)F. The minimum absolute atomic E-state index is 0.0848. The van der Waals surface area contributed by atoms with Gasteiger partial charge in [-0.3, -0.25) is 0 Å². The first-order chi connectivity index (χ1) is 15.7. The molecule has 2 aliphatic rings. The van der Waals surface area contributed by atoms with Crippen molar-refractivity contribution in [1.82, 2.24) is 15.2 Å². The molecule has 174 valence electrons. The molecule has 3 atom stereocenters. The van der Waals surface area contributed by atoms with Gasteiger partial charge in [-0.05, 0) is 49.9 Å². The van der Waals surface area contributed by atoms with E-state index in [0.29, 0.717) is 30.3 Å². The van der Waals surface area contributed by atoms with Crippen LogP contribution in [0.1, 0.15) is 41.4 Å². The van der Waals surface area contributed by atoms with Crippen LogP contribution in [0, 0.1) is 13.8 Å². The monoisotopic (exact) mass is 458 g/mol. The smallest absolute Gasteiger partial charge is 0.377 e. The molecule has 0 radical (unpaired) electrons. The van der Waals surface area contributed by atoms with E-state index in [1.807, 2.05) is 13.0 Å². The predicted octanol–water partition coefficient (Wildman–Crippen LogP) is 4.10. The van der Waals surface area contributed by atoms with Crippen molar-refractivity contribution >= 4 is 22.4 Å². The van der Waals surface area contributed by atoms with E-state index in [0.717, 1.165) is 35.5 Å². The van der Waals surface area contributed by atoms with Crippen molar-refractivity contribution in [1.29, 1.82) is 0 Å². The van der Waals surface area contributed by atoms with Gasteiger partial charge in [0.1, 0.15) is 12.0 Å². The van der Waals surface area contributed by atoms with Crippen LogP contribution in [0.3, 0.4) is 0 Å². The number of anilines is 2. The molecule has 2 bridgehead atoms. The second-order valence-corrected chi connectivity index (χ2v) is 8.69. The number of hydrogen-bond donors (Lipinski definition) is 2. The number of morpholine rings is 1. The Morgan fingerprint density at radius 2 is 1.85 bits per heavy atom. The van der Waals surface area contributed by atoms with E-state index in [1.165, 1.54) is 13.0 Å². The van der Waals surface area contributed by atoms with E-state index < -0.39 is 17.9 Å². The average Bonchev–Trinajstić information content (AvgIpc) is 3.03. The number of fused-ring (bicyclic) bond motifs is 3. The zero-order valence-electron chi connectivity index (χ0n) is 18.4. The van der Waals surface area contributed by atoms with Crippen molar-refractivity contribution in [3.05, 3.63) is 52.8 Å². The summed E-state index contributed by atoms with van der Waals surface area (Å²) < 4.78 is 45.8. The van der Waals surface area contributed by atoms with Gasteiger partial charge in [-0.15, -0.1) is 5.10 Å². The number of nitrogens with zero attached hydrogens (tertiary/aromatic N) is 4. The predicted molar refractivity (Wildman–Crippen MR) is 119 cm³/mol. The summed E-state index contributed by atoms with van der Waals surface area (Å²) in [6, 6.07) is 6.54. The quantitative estimate of drug-likeness (QED) is 0.569. The van der Waals surface area contributed by atoms with Gasteiger partial charge in [0.2, 0.25) is 0 Å². The van der Waals surface area contributed by atoms with Gasteiger partial charge in [0, 0.05) is 17.0 Å². The van der Waals surface area contributed by atoms with E-state index in [-0.39, 0.29) is 17.6 Å². The van der Waals surface area contributed by atoms with Gasteiger partial charge in [0.15, 0.2) is 5.82 Å². The molecule has 10 heteroatoms. The highest BCUT2D eigenvalue weighted by atomic mass is 19.4. The normalized spacial score (nSPS) is 21.5. The van der Waals surface area contributed by atoms with E-state index in [1.54, 1.807) is 12.3 Å². The molecule has 2 aromatic heterocycles. The van der Waals surface area contributed by atoms with Crippen LogP contribution in [-0.2, 0) is 10.9 Å². The van der Waals surface area contributed by atoms with Crippen molar-refractivity contribution < 1.29 is 17.9 Å². The van der Waals surface area contributed by atoms with Crippen molar-refractivity contribution in [2.24, 2.45) is 5.73 Å². The molecule has 2 unspecified atom stereocenters. The molecule has 4 heterocycles. The van der Waals surface area contributed by atoms with Crippen LogP contribution >= 0.6 is 0 Å². The minimum atomic E-state index is -4.45. The topological polar surface area (TPSA) is 89.2 Å². The standard InChI is InChI=1S/C23H25F3N6O/c1-12-16(4-3-5-19(12)23(24,25)26)21(27)29-22-17-8-20(28-9-18(17)13(2)30-31-22)32-14-6-7-15(32)11-33-10-14/h3-5,8-9,14-15,21H,6-7,10-11,27H2,1-2H3,(H,29,31)/t14?,15?,21-/m0/s1. The Morgan fingerprint density at radius 3 is 2.55 bits per heavy atom. The molecule has 0 spiro atoms. The molecule has 5 rings (SSSR count). The maximum Gasteiger partial charge on any atom is 0.416 e. The van der Waals surface area contributed by atoms with Crippen LogP contribution in [0.4, 0.5) is 24.8 Å². The highest BCUT2D eigenvalue weighted by Gasteiger charge is 2.38. The first-order valence-electron chi connectivity index (χ1n) is 10.9. The number of rotatable bonds is 4. The summed E-state index contributed by atoms with van der Waals surface area (Å²) in [5, 5.41) is 13.1. The molecule has 2 fully saturated rings. The minimum Gasteiger partial charge on any atom is -0.377 e. The van der Waals surface area contributed by atoms with E-state index in [9.17, 15) is 13.2 Å². The van der Waals surface area contributed by atoms with Gasteiger partial charge >= 0.3 is 6.18 Å². The third-order valence-electron chi connectivity index (χ3n) is 6.65. The fourth-order valence-electron chi connectivity index (χ4n) is 4.93. The van der Waals surface area contributed by atoms with Gasteiger partial charge in [0.25, 0.3) is 0 Å². The fraction of sp³-hybridized carbons (Fsp3) is 0.435. The summed E-state index contributed by atoms with van der Waals surface area (Å²) >= 11 is 0. The number of aryl methyl sites for hydroxylation is 1. The third-order valence-corrected chi connectivity index (χ3v) is 6.65. The maximum atomic E-state index is 13.4. The number of benzene rings is 1. The molecule has 0 aliphatic carbocycles. The van der Waals surface area contributed by atoms with Gasteiger partial charge in [-0.1, -0.05) is 12.1 Å². The molecular formula is C23H25F3N6O. The molecule has 2 aliphatic heterocycles. The van der Waals surface area contributed by atoms with Crippen LogP contribution < -0.4 is 16.0 Å². The number of hydrogen-bond acceptors (Lipinski definition) is 7. The summed E-state index contributed by atoms with van der Waals surface area (Å²) in [5.74, 6) is 1.24. The molecule has 2 saturated heterocycles. The number of nitrogens with one attached hydrogen (secondary N) is 1. The van der Waals surface area contributed by atoms with Gasteiger partial charge in [-0.25, -0.2) is 4.98 Å². The number of aromatic nitrogens is 3. The summed E-state index contributed by atoms with van der Waals surface area (Å²) in [5.41, 5.74) is 6.76. The largest absolute Gasteiger partial charge is 0.416 e. The Labute approximate surface area is 189 Å². The average molecular weight is 458 g/mol. The van der Waals surface area contributed by atoms with Gasteiger partial charge in [0.05, 0.1) is 36.6 Å². The molecule has 33 heavy (non-hydrogen) atoms. The molecule has 0 amide bonds. The van der Waals surface area contributed by atoms with Crippen LogP contribution in [0.15, 0.2) is 30.5 Å². The maximum absolute atomic E-state index is 13.4. The first kappa shape index (κ1) is 21.8. The molecular weight excluding hydrogens is 433 g/mol. The second kappa shape index (κ2) is 8.11. The Hall–Kier alpha value is -2.98. The molecule has 3 aromatic rings. The van der Waals surface area contributed by atoms with E-state index in [2.05, 4.69) is 25.4 Å². The molecule has 7 nitrogen and oxygen atoms in total. The Balaban J connectivity index is 1.52. The second-order valence-electron chi connectivity index (χ2n) is 8.69. The molecule has 1 aromatic carbocycles. The number of halogens is 3. The summed E-state index contributed by atoms with van der Waals surface area (Å²) in [6.45, 7) is 4.62. The highest BCUT2D eigenvalue weighted by molar-refractivity contribution is 5.94. The van der Waals surface area contributed by atoms with E-state index >= 15 is 0 Å². The van der Waals surface area contributed by atoms with Crippen LogP contribution in [0.25, 0.3) is 10.8 Å². The van der Waals surface area contributed by atoms with Gasteiger partial charge < -0.3 is 20.7 Å². The Bertz CT molecular complexity index is 1180. The number of ether oxygens (including phenoxy) is 1. The molecule has 3 N–H and O–H groups in total. The lowest BCUT2D eigenvalue weighted by Gasteiger charge is -2.35. The zero-order chi connectivity index (χ0) is 23.3. The molecule has 0 saturated carbocycles. The van der Waals surface area contributed by atoms with E-state index in [4.69, 9.17) is 10.5 Å². The highest BCUT2D eigenvalue weighted by Crippen LogP contribution is 2.37. The number of alkyl halides is 3. The summed E-state index contributed by atoms with van der Waals surface area (Å²) in [6.07, 6.45) is -1.46. The first-order valence-corrected chi connectivity index (χ1v) is 10.9. The lowest BCUT2D eigenvalue weighted by Crippen LogP contribution is -2.46. The zero-order valence-corrected chi connectivity index (χ0v) is 18.4. The third kappa shape index (κ3) is 3.87. The number of nitrogens with two attached hydrogens (primary N) is 1. The summed E-state index contributed by atoms with van der Waals surface area (Å²) in [7, 11) is 0.